The Bertz CT molecular complexity index is 354. The normalized spacial score (nSPS) is 12.1. The first kappa shape index (κ1) is 15.7. The molecule has 106 valence electrons. The third-order valence-electron chi connectivity index (χ3n) is 3.07. The predicted molar refractivity (Wildman–Crippen MR) is 77.2 cm³/mol. The third kappa shape index (κ3) is 7.59. The van der Waals surface area contributed by atoms with E-state index < -0.39 is 0 Å². The maximum absolute atomic E-state index is 11.6. The summed E-state index contributed by atoms with van der Waals surface area (Å²) >= 11 is 0. The van der Waals surface area contributed by atoms with Gasteiger partial charge in [-0.2, -0.15) is 0 Å². The topological polar surface area (TPSA) is 61.4 Å². The highest BCUT2D eigenvalue weighted by Gasteiger charge is 2.02. The first-order chi connectivity index (χ1) is 9.22. The van der Waals surface area contributed by atoms with Crippen molar-refractivity contribution in [3.63, 3.8) is 0 Å². The Morgan fingerprint density at radius 1 is 1.16 bits per heavy atom. The number of rotatable bonds is 9. The molecule has 1 aromatic carbocycles. The van der Waals surface area contributed by atoms with Crippen molar-refractivity contribution in [2.24, 2.45) is 0 Å². The Morgan fingerprint density at radius 2 is 1.84 bits per heavy atom. The van der Waals surface area contributed by atoms with Crippen LogP contribution in [0.5, 0.6) is 0 Å². The van der Waals surface area contributed by atoms with Gasteiger partial charge in [-0.25, -0.2) is 5.48 Å². The van der Waals surface area contributed by atoms with Crippen LogP contribution in [0.2, 0.25) is 0 Å². The van der Waals surface area contributed by atoms with E-state index >= 15 is 0 Å². The lowest BCUT2D eigenvalue weighted by Crippen LogP contribution is -2.21. The van der Waals surface area contributed by atoms with Crippen LogP contribution in [0.3, 0.4) is 0 Å². The monoisotopic (exact) mass is 264 g/mol. The van der Waals surface area contributed by atoms with Gasteiger partial charge in [-0.3, -0.25) is 4.79 Å². The van der Waals surface area contributed by atoms with Gasteiger partial charge in [-0.15, -0.1) is 0 Å². The zero-order chi connectivity index (χ0) is 13.9. The molecule has 0 aliphatic heterocycles. The number of para-hydroxylation sites is 1. The molecule has 19 heavy (non-hydrogen) atoms. The number of hydrogen-bond donors (Lipinski definition) is 3. The summed E-state index contributed by atoms with van der Waals surface area (Å²) in [4.78, 5) is 11.6. The molecule has 0 radical (unpaired) electrons. The summed E-state index contributed by atoms with van der Waals surface area (Å²) in [6.45, 7) is 1.95. The Hall–Kier alpha value is -1.39. The molecule has 1 atom stereocenters. The second-order valence-electron chi connectivity index (χ2n) is 4.90. The van der Waals surface area contributed by atoms with Crippen LogP contribution in [0.4, 0.5) is 5.69 Å². The molecule has 0 aliphatic carbocycles. The van der Waals surface area contributed by atoms with Crippen LogP contribution in [0.25, 0.3) is 0 Å². The second kappa shape index (κ2) is 9.53. The molecular formula is C15H24N2O2. The lowest BCUT2D eigenvalue weighted by Gasteiger charge is -2.08. The number of unbranched alkanes of at least 4 members (excludes halogenated alkanes) is 3. The Kier molecular flexibility index (Phi) is 7.86. The van der Waals surface area contributed by atoms with E-state index in [1.54, 1.807) is 0 Å². The number of hydroxylamine groups is 1. The molecule has 1 amide bonds. The van der Waals surface area contributed by atoms with Gasteiger partial charge in [0.2, 0.25) is 5.91 Å². The fourth-order valence-electron chi connectivity index (χ4n) is 1.90. The van der Waals surface area contributed by atoms with Gasteiger partial charge in [0.1, 0.15) is 0 Å². The largest absolute Gasteiger partial charge is 0.326 e. The molecule has 0 bridgehead atoms. The fraction of sp³-hybridized carbons (Fsp3) is 0.533. The number of carbonyl (C=O) groups is 1. The van der Waals surface area contributed by atoms with E-state index in [4.69, 9.17) is 5.21 Å². The molecule has 4 nitrogen and oxygen atoms in total. The molecule has 0 aliphatic rings. The number of nitrogens with one attached hydrogen (secondary N) is 2. The lowest BCUT2D eigenvalue weighted by atomic mass is 10.1. The van der Waals surface area contributed by atoms with Gasteiger partial charge in [-0.1, -0.05) is 37.5 Å². The smallest absolute Gasteiger partial charge is 0.224 e. The molecule has 0 spiro atoms. The molecular weight excluding hydrogens is 240 g/mol. The Labute approximate surface area is 115 Å². The minimum Gasteiger partial charge on any atom is -0.326 e. The molecule has 1 rings (SSSR count). The summed E-state index contributed by atoms with van der Waals surface area (Å²) in [5.74, 6) is 0.0802. The van der Waals surface area contributed by atoms with Crippen molar-refractivity contribution in [1.82, 2.24) is 5.48 Å². The molecule has 1 aromatic rings. The molecule has 0 saturated carbocycles. The van der Waals surface area contributed by atoms with E-state index in [0.717, 1.165) is 37.8 Å². The van der Waals surface area contributed by atoms with Crippen LogP contribution in [0, 0.1) is 0 Å². The maximum atomic E-state index is 11.6. The van der Waals surface area contributed by atoms with Crippen LogP contribution in [0.1, 0.15) is 45.4 Å². The van der Waals surface area contributed by atoms with E-state index in [2.05, 4.69) is 10.8 Å². The zero-order valence-corrected chi connectivity index (χ0v) is 11.6. The molecule has 0 saturated heterocycles. The van der Waals surface area contributed by atoms with E-state index in [0.29, 0.717) is 6.42 Å². The van der Waals surface area contributed by atoms with E-state index in [1.807, 2.05) is 37.3 Å². The van der Waals surface area contributed by atoms with Crippen LogP contribution >= 0.6 is 0 Å². The Morgan fingerprint density at radius 3 is 2.53 bits per heavy atom. The number of carbonyl (C=O) groups excluding carboxylic acids is 1. The predicted octanol–water partition coefficient (Wildman–Crippen LogP) is 3.33. The van der Waals surface area contributed by atoms with Crippen LogP contribution in [-0.4, -0.2) is 17.2 Å². The van der Waals surface area contributed by atoms with Gasteiger partial charge in [0.05, 0.1) is 0 Å². The van der Waals surface area contributed by atoms with Gasteiger partial charge >= 0.3 is 0 Å². The summed E-state index contributed by atoms with van der Waals surface area (Å²) in [5.41, 5.74) is 3.09. The average molecular weight is 264 g/mol. The van der Waals surface area contributed by atoms with Gasteiger partial charge in [0.15, 0.2) is 0 Å². The number of amides is 1. The average Bonchev–Trinajstić information content (AvgIpc) is 2.43. The van der Waals surface area contributed by atoms with Crippen molar-refractivity contribution in [2.45, 2.75) is 51.5 Å². The highest BCUT2D eigenvalue weighted by atomic mass is 16.5. The highest BCUT2D eigenvalue weighted by molar-refractivity contribution is 5.90. The van der Waals surface area contributed by atoms with Crippen LogP contribution in [0.15, 0.2) is 30.3 Å². The zero-order valence-electron chi connectivity index (χ0n) is 11.6. The number of anilines is 1. The summed E-state index contributed by atoms with van der Waals surface area (Å²) in [6, 6.07) is 9.68. The summed E-state index contributed by atoms with van der Waals surface area (Å²) in [5, 5.41) is 11.5. The van der Waals surface area contributed by atoms with E-state index in [-0.39, 0.29) is 11.9 Å². The first-order valence-corrected chi connectivity index (χ1v) is 6.97. The van der Waals surface area contributed by atoms with Crippen molar-refractivity contribution in [2.75, 3.05) is 5.32 Å². The van der Waals surface area contributed by atoms with Crippen LogP contribution < -0.4 is 10.8 Å². The number of benzene rings is 1. The quantitative estimate of drug-likeness (QED) is 0.473. The van der Waals surface area contributed by atoms with Crippen molar-refractivity contribution < 1.29 is 10.0 Å². The molecule has 0 heterocycles. The summed E-state index contributed by atoms with van der Waals surface area (Å²) in [6.07, 6.45) is 5.69. The van der Waals surface area contributed by atoms with Crippen molar-refractivity contribution in [1.29, 1.82) is 0 Å². The van der Waals surface area contributed by atoms with Crippen molar-refractivity contribution in [3.8, 4) is 0 Å². The second-order valence-corrected chi connectivity index (χ2v) is 4.90. The molecule has 1 unspecified atom stereocenters. The SMILES string of the molecule is CC(CCCCCCC(=O)Nc1ccccc1)NO. The van der Waals surface area contributed by atoms with Gasteiger partial charge in [0, 0.05) is 18.2 Å². The lowest BCUT2D eigenvalue weighted by molar-refractivity contribution is -0.116. The third-order valence-corrected chi connectivity index (χ3v) is 3.07. The minimum atomic E-state index is 0.0802. The maximum Gasteiger partial charge on any atom is 0.224 e. The van der Waals surface area contributed by atoms with Gasteiger partial charge < -0.3 is 10.5 Å². The first-order valence-electron chi connectivity index (χ1n) is 6.97. The van der Waals surface area contributed by atoms with Gasteiger partial charge in [0.25, 0.3) is 0 Å². The highest BCUT2D eigenvalue weighted by Crippen LogP contribution is 2.09. The van der Waals surface area contributed by atoms with E-state index in [9.17, 15) is 4.79 Å². The van der Waals surface area contributed by atoms with Gasteiger partial charge in [-0.05, 0) is 31.9 Å². The standard InChI is InChI=1S/C15H24N2O2/c1-13(17-19)9-5-2-3-8-12-15(18)16-14-10-6-4-7-11-14/h4,6-7,10-11,13,17,19H,2-3,5,8-9,12H2,1H3,(H,16,18). The number of hydrogen-bond acceptors (Lipinski definition) is 3. The molecule has 4 heteroatoms. The molecule has 0 aromatic heterocycles. The van der Waals surface area contributed by atoms with Crippen LogP contribution in [-0.2, 0) is 4.79 Å². The van der Waals surface area contributed by atoms with E-state index in [1.165, 1.54) is 0 Å². The van der Waals surface area contributed by atoms with Crippen molar-refractivity contribution in [3.05, 3.63) is 30.3 Å². The Balaban J connectivity index is 2.02. The minimum absolute atomic E-state index is 0.0802. The fourth-order valence-corrected chi connectivity index (χ4v) is 1.90. The molecule has 0 fully saturated rings. The summed E-state index contributed by atoms with van der Waals surface area (Å²) < 4.78 is 0. The van der Waals surface area contributed by atoms with Crippen molar-refractivity contribution >= 4 is 11.6 Å². The summed E-state index contributed by atoms with van der Waals surface area (Å²) in [7, 11) is 0. The molecule has 3 N–H and O–H groups in total.